The molecule has 0 spiro atoms. The molecule has 2 nitrogen and oxygen atoms in total. The monoisotopic (exact) mass is 280 g/mol. The molecule has 0 aliphatic heterocycles. The van der Waals surface area contributed by atoms with E-state index in [0.717, 1.165) is 4.88 Å². The summed E-state index contributed by atoms with van der Waals surface area (Å²) in [5.74, 6) is -0.0248. The first-order valence-corrected chi connectivity index (χ1v) is 6.86. The number of halogens is 1. The highest BCUT2D eigenvalue weighted by Gasteiger charge is 2.15. The van der Waals surface area contributed by atoms with Gasteiger partial charge in [0.1, 0.15) is 6.10 Å². The van der Waals surface area contributed by atoms with Crippen LogP contribution in [-0.2, 0) is 11.3 Å². The Bertz CT molecular complexity index is 505. The van der Waals surface area contributed by atoms with Crippen molar-refractivity contribution in [2.75, 3.05) is 0 Å². The third kappa shape index (κ3) is 3.42. The maximum atomic E-state index is 12.1. The van der Waals surface area contributed by atoms with Gasteiger partial charge in [-0.3, -0.25) is 4.79 Å². The van der Waals surface area contributed by atoms with Crippen LogP contribution in [0.5, 0.6) is 0 Å². The van der Waals surface area contributed by atoms with Gasteiger partial charge in [0.2, 0.25) is 0 Å². The second-order valence-electron chi connectivity index (χ2n) is 3.90. The van der Waals surface area contributed by atoms with Crippen LogP contribution >= 0.6 is 22.9 Å². The molecule has 4 heteroatoms. The number of Topliss-reactive ketones (excluding diaryl/α,β-unsaturated/α-hetero) is 1. The van der Waals surface area contributed by atoms with Gasteiger partial charge in [-0.15, -0.1) is 11.3 Å². The molecule has 1 aromatic carbocycles. The fourth-order valence-electron chi connectivity index (χ4n) is 1.53. The summed E-state index contributed by atoms with van der Waals surface area (Å²) in [7, 11) is 0. The third-order valence-corrected chi connectivity index (χ3v) is 3.66. The molecule has 0 fully saturated rings. The summed E-state index contributed by atoms with van der Waals surface area (Å²) in [6.45, 7) is 2.24. The van der Waals surface area contributed by atoms with Gasteiger partial charge < -0.3 is 4.74 Å². The molecule has 1 heterocycles. The van der Waals surface area contributed by atoms with Crippen molar-refractivity contribution in [1.29, 1.82) is 0 Å². The molecule has 2 aromatic rings. The lowest BCUT2D eigenvalue weighted by molar-refractivity contribution is 0.0420. The summed E-state index contributed by atoms with van der Waals surface area (Å²) < 4.78 is 5.56. The van der Waals surface area contributed by atoms with E-state index < -0.39 is 6.10 Å². The largest absolute Gasteiger partial charge is 0.365 e. The Labute approximate surface area is 115 Å². The first-order valence-electron chi connectivity index (χ1n) is 5.60. The maximum Gasteiger partial charge on any atom is 0.191 e. The van der Waals surface area contributed by atoms with Crippen molar-refractivity contribution in [2.45, 2.75) is 19.6 Å². The molecule has 18 heavy (non-hydrogen) atoms. The number of rotatable bonds is 5. The smallest absolute Gasteiger partial charge is 0.191 e. The number of ketones is 1. The van der Waals surface area contributed by atoms with Gasteiger partial charge in [-0.25, -0.2) is 0 Å². The topological polar surface area (TPSA) is 26.3 Å². The Hall–Kier alpha value is -1.16. The quantitative estimate of drug-likeness (QED) is 0.768. The van der Waals surface area contributed by atoms with Gasteiger partial charge in [-0.05, 0) is 42.6 Å². The summed E-state index contributed by atoms with van der Waals surface area (Å²) in [6, 6.07) is 10.8. The van der Waals surface area contributed by atoms with E-state index in [-0.39, 0.29) is 5.78 Å². The predicted octanol–water partition coefficient (Wildman–Crippen LogP) is 4.19. The SMILES string of the molecule is CC(OCc1cccs1)C(=O)c1ccc(Cl)cc1. The van der Waals surface area contributed by atoms with E-state index in [1.54, 1.807) is 42.5 Å². The van der Waals surface area contributed by atoms with Gasteiger partial charge in [0.25, 0.3) is 0 Å². The Balaban J connectivity index is 1.94. The molecule has 0 saturated carbocycles. The van der Waals surface area contributed by atoms with E-state index in [0.29, 0.717) is 17.2 Å². The predicted molar refractivity (Wildman–Crippen MR) is 74.4 cm³/mol. The minimum atomic E-state index is -0.451. The molecule has 0 aliphatic carbocycles. The molecule has 1 atom stereocenters. The summed E-state index contributed by atoms with van der Waals surface area (Å²) in [6.07, 6.45) is -0.451. The molecule has 0 saturated heterocycles. The molecule has 1 aromatic heterocycles. The number of hydrogen-bond acceptors (Lipinski definition) is 3. The molecule has 94 valence electrons. The molecular weight excluding hydrogens is 268 g/mol. The zero-order valence-corrected chi connectivity index (χ0v) is 11.5. The summed E-state index contributed by atoms with van der Waals surface area (Å²) in [4.78, 5) is 13.2. The number of thiophene rings is 1. The Morgan fingerprint density at radius 3 is 2.67 bits per heavy atom. The molecular formula is C14H13ClO2S. The second kappa shape index (κ2) is 6.14. The van der Waals surface area contributed by atoms with Crippen molar-refractivity contribution in [1.82, 2.24) is 0 Å². The Morgan fingerprint density at radius 1 is 1.33 bits per heavy atom. The van der Waals surface area contributed by atoms with Crippen LogP contribution in [0.2, 0.25) is 5.02 Å². The lowest BCUT2D eigenvalue weighted by Crippen LogP contribution is -2.20. The van der Waals surface area contributed by atoms with Gasteiger partial charge in [0.05, 0.1) is 6.61 Å². The van der Waals surface area contributed by atoms with Crippen LogP contribution in [0.1, 0.15) is 22.2 Å². The van der Waals surface area contributed by atoms with Crippen LogP contribution in [0.4, 0.5) is 0 Å². The molecule has 0 bridgehead atoms. The van der Waals surface area contributed by atoms with Crippen LogP contribution in [-0.4, -0.2) is 11.9 Å². The molecule has 0 amide bonds. The average molecular weight is 281 g/mol. The molecule has 1 unspecified atom stereocenters. The van der Waals surface area contributed by atoms with Gasteiger partial charge in [0.15, 0.2) is 5.78 Å². The fraction of sp³-hybridized carbons (Fsp3) is 0.214. The van der Waals surface area contributed by atoms with Gasteiger partial charge in [-0.1, -0.05) is 17.7 Å². The van der Waals surface area contributed by atoms with Gasteiger partial charge in [-0.2, -0.15) is 0 Å². The van der Waals surface area contributed by atoms with E-state index in [9.17, 15) is 4.79 Å². The highest BCUT2D eigenvalue weighted by atomic mass is 35.5. The summed E-state index contributed by atoms with van der Waals surface area (Å²) in [5, 5.41) is 2.61. The second-order valence-corrected chi connectivity index (χ2v) is 5.37. The first-order chi connectivity index (χ1) is 8.66. The summed E-state index contributed by atoms with van der Waals surface area (Å²) in [5.41, 5.74) is 0.623. The minimum absolute atomic E-state index is 0.0248. The maximum absolute atomic E-state index is 12.1. The number of carbonyl (C=O) groups excluding carboxylic acids is 1. The number of hydrogen-bond donors (Lipinski definition) is 0. The van der Waals surface area contributed by atoms with Gasteiger partial charge in [0, 0.05) is 15.5 Å². The van der Waals surface area contributed by atoms with Crippen LogP contribution in [0.3, 0.4) is 0 Å². The third-order valence-electron chi connectivity index (χ3n) is 2.55. The zero-order valence-electron chi connectivity index (χ0n) is 9.93. The van der Waals surface area contributed by atoms with E-state index in [2.05, 4.69) is 0 Å². The Morgan fingerprint density at radius 2 is 2.06 bits per heavy atom. The fourth-order valence-corrected chi connectivity index (χ4v) is 2.28. The molecule has 0 radical (unpaired) electrons. The van der Waals surface area contributed by atoms with Crippen molar-refractivity contribution >= 4 is 28.7 Å². The van der Waals surface area contributed by atoms with E-state index in [4.69, 9.17) is 16.3 Å². The Kier molecular flexibility index (Phi) is 4.53. The highest BCUT2D eigenvalue weighted by molar-refractivity contribution is 7.09. The van der Waals surface area contributed by atoms with E-state index in [1.165, 1.54) is 0 Å². The van der Waals surface area contributed by atoms with Crippen molar-refractivity contribution in [3.8, 4) is 0 Å². The van der Waals surface area contributed by atoms with Crippen LogP contribution in [0.15, 0.2) is 41.8 Å². The lowest BCUT2D eigenvalue weighted by atomic mass is 10.1. The van der Waals surface area contributed by atoms with Crippen molar-refractivity contribution in [2.24, 2.45) is 0 Å². The van der Waals surface area contributed by atoms with Crippen LogP contribution < -0.4 is 0 Å². The van der Waals surface area contributed by atoms with Crippen molar-refractivity contribution in [3.05, 3.63) is 57.2 Å². The first kappa shape index (κ1) is 13.3. The summed E-state index contributed by atoms with van der Waals surface area (Å²) >= 11 is 7.40. The molecule has 2 rings (SSSR count). The van der Waals surface area contributed by atoms with Gasteiger partial charge >= 0.3 is 0 Å². The zero-order chi connectivity index (χ0) is 13.0. The number of benzene rings is 1. The van der Waals surface area contributed by atoms with Crippen LogP contribution in [0.25, 0.3) is 0 Å². The normalized spacial score (nSPS) is 12.3. The van der Waals surface area contributed by atoms with E-state index in [1.807, 2.05) is 17.5 Å². The van der Waals surface area contributed by atoms with Crippen molar-refractivity contribution in [3.63, 3.8) is 0 Å². The standard InChI is InChI=1S/C14H13ClO2S/c1-10(17-9-13-3-2-8-18-13)14(16)11-4-6-12(15)7-5-11/h2-8,10H,9H2,1H3. The van der Waals surface area contributed by atoms with Crippen LogP contribution in [0, 0.1) is 0 Å². The minimum Gasteiger partial charge on any atom is -0.365 e. The highest BCUT2D eigenvalue weighted by Crippen LogP contribution is 2.15. The van der Waals surface area contributed by atoms with E-state index >= 15 is 0 Å². The average Bonchev–Trinajstić information content (AvgIpc) is 2.89. The molecule has 0 aliphatic rings. The van der Waals surface area contributed by atoms with Crippen molar-refractivity contribution < 1.29 is 9.53 Å². The number of carbonyl (C=O) groups is 1. The molecule has 0 N–H and O–H groups in total. The lowest BCUT2D eigenvalue weighted by Gasteiger charge is -2.11. The number of ether oxygens (including phenoxy) is 1.